The summed E-state index contributed by atoms with van der Waals surface area (Å²) >= 11 is 0. The fourth-order valence-corrected chi connectivity index (χ4v) is 3.81. The molecule has 4 rings (SSSR count). The Hall–Kier alpha value is -4.08. The van der Waals surface area contributed by atoms with Gasteiger partial charge in [-0.05, 0) is 62.0 Å². The highest BCUT2D eigenvalue weighted by molar-refractivity contribution is 5.94. The second-order valence-corrected chi connectivity index (χ2v) is 8.43. The van der Waals surface area contributed by atoms with Crippen molar-refractivity contribution in [3.05, 3.63) is 89.6 Å². The maximum atomic E-state index is 12.6. The molecule has 0 aliphatic rings. The van der Waals surface area contributed by atoms with Gasteiger partial charge in [0.25, 0.3) is 5.91 Å². The van der Waals surface area contributed by atoms with Gasteiger partial charge in [-0.25, -0.2) is 0 Å². The number of aromatic amines is 1. The first-order chi connectivity index (χ1) is 16.5. The van der Waals surface area contributed by atoms with Crippen LogP contribution >= 0.6 is 0 Å². The van der Waals surface area contributed by atoms with Gasteiger partial charge in [-0.1, -0.05) is 36.4 Å². The van der Waals surface area contributed by atoms with E-state index in [1.807, 2.05) is 80.8 Å². The molecule has 6 nitrogen and oxygen atoms in total. The van der Waals surface area contributed by atoms with Crippen LogP contribution in [-0.2, 0) is 6.42 Å². The maximum Gasteiger partial charge on any atom is 0.251 e. The largest absolute Gasteiger partial charge is 0.492 e. The number of nitrogens with zero attached hydrogens (tertiary/aromatic N) is 2. The number of benzene rings is 3. The molecular formula is C28H28N4O2. The van der Waals surface area contributed by atoms with Crippen LogP contribution in [0.15, 0.2) is 72.9 Å². The van der Waals surface area contributed by atoms with Gasteiger partial charge in [0.2, 0.25) is 0 Å². The molecule has 1 amide bonds. The van der Waals surface area contributed by atoms with Crippen LogP contribution in [0.1, 0.15) is 21.5 Å². The Labute approximate surface area is 199 Å². The molecule has 0 atom stereocenters. The summed E-state index contributed by atoms with van der Waals surface area (Å²) in [5.74, 6) is 0.725. The summed E-state index contributed by atoms with van der Waals surface area (Å²) in [5, 5.41) is 13.1. The van der Waals surface area contributed by atoms with E-state index in [0.29, 0.717) is 30.7 Å². The molecule has 34 heavy (non-hydrogen) atoms. The van der Waals surface area contributed by atoms with E-state index in [4.69, 9.17) is 4.74 Å². The van der Waals surface area contributed by atoms with Crippen molar-refractivity contribution in [3.8, 4) is 22.9 Å². The lowest BCUT2D eigenvalue weighted by atomic mass is 10.0. The Kier molecular flexibility index (Phi) is 7.26. The molecule has 0 unspecified atom stereocenters. The van der Waals surface area contributed by atoms with Crippen LogP contribution in [0.25, 0.3) is 22.0 Å². The van der Waals surface area contributed by atoms with Crippen molar-refractivity contribution in [3.63, 3.8) is 0 Å². The standard InChI is InChI=1S/C28H28N4O2/c1-32(2)15-16-34-27-6-4-3-5-24(27)21-8-10-22(11-9-21)28(33)30-14-13-20-7-12-26-25(17-20)23(18-29)19-31-26/h3-12,17,19,31H,13-16H2,1-2H3,(H,30,33). The summed E-state index contributed by atoms with van der Waals surface area (Å²) in [6.07, 6.45) is 2.40. The fourth-order valence-electron chi connectivity index (χ4n) is 3.81. The van der Waals surface area contributed by atoms with Crippen LogP contribution in [0.2, 0.25) is 0 Å². The number of likely N-dealkylation sites (N-methyl/N-ethyl adjacent to an activating group) is 1. The molecule has 172 valence electrons. The third kappa shape index (κ3) is 5.45. The quantitative estimate of drug-likeness (QED) is 0.388. The van der Waals surface area contributed by atoms with Gasteiger partial charge in [0.05, 0.1) is 5.56 Å². The molecule has 3 aromatic carbocycles. The molecule has 0 aliphatic heterocycles. The molecule has 0 saturated carbocycles. The number of H-pyrrole nitrogens is 1. The normalized spacial score (nSPS) is 10.9. The van der Waals surface area contributed by atoms with Gasteiger partial charge >= 0.3 is 0 Å². The summed E-state index contributed by atoms with van der Waals surface area (Å²) < 4.78 is 5.97. The minimum atomic E-state index is -0.109. The molecular weight excluding hydrogens is 424 g/mol. The first-order valence-electron chi connectivity index (χ1n) is 11.3. The van der Waals surface area contributed by atoms with E-state index in [1.165, 1.54) is 0 Å². The Balaban J connectivity index is 1.36. The van der Waals surface area contributed by atoms with Crippen LogP contribution in [0.3, 0.4) is 0 Å². The monoisotopic (exact) mass is 452 g/mol. The van der Waals surface area contributed by atoms with Crippen LogP contribution in [0.4, 0.5) is 0 Å². The predicted octanol–water partition coefficient (Wildman–Crippen LogP) is 4.62. The summed E-state index contributed by atoms with van der Waals surface area (Å²) in [6, 6.07) is 23.7. The van der Waals surface area contributed by atoms with E-state index in [-0.39, 0.29) is 5.91 Å². The van der Waals surface area contributed by atoms with E-state index in [9.17, 15) is 10.1 Å². The van der Waals surface area contributed by atoms with Gasteiger partial charge in [-0.15, -0.1) is 0 Å². The topological polar surface area (TPSA) is 81.2 Å². The zero-order valence-electron chi connectivity index (χ0n) is 19.5. The number of aromatic nitrogens is 1. The molecule has 1 heterocycles. The number of amides is 1. The Bertz CT molecular complexity index is 1320. The number of carbonyl (C=O) groups excluding carboxylic acids is 1. The van der Waals surface area contributed by atoms with Crippen molar-refractivity contribution in [2.24, 2.45) is 0 Å². The molecule has 2 N–H and O–H groups in total. The van der Waals surface area contributed by atoms with Crippen molar-refractivity contribution in [2.75, 3.05) is 33.8 Å². The average molecular weight is 453 g/mol. The van der Waals surface area contributed by atoms with Crippen LogP contribution in [0.5, 0.6) is 5.75 Å². The van der Waals surface area contributed by atoms with E-state index >= 15 is 0 Å². The van der Waals surface area contributed by atoms with E-state index in [2.05, 4.69) is 21.3 Å². The first-order valence-corrected chi connectivity index (χ1v) is 11.3. The molecule has 0 saturated heterocycles. The molecule has 1 aromatic heterocycles. The van der Waals surface area contributed by atoms with Crippen LogP contribution in [-0.4, -0.2) is 49.6 Å². The lowest BCUT2D eigenvalue weighted by molar-refractivity contribution is 0.0954. The highest BCUT2D eigenvalue weighted by atomic mass is 16.5. The lowest BCUT2D eigenvalue weighted by Crippen LogP contribution is -2.25. The maximum absolute atomic E-state index is 12.6. The van der Waals surface area contributed by atoms with Crippen LogP contribution < -0.4 is 10.1 Å². The zero-order chi connectivity index (χ0) is 23.9. The van der Waals surface area contributed by atoms with Gasteiger partial charge in [-0.2, -0.15) is 5.26 Å². The third-order valence-corrected chi connectivity index (χ3v) is 5.71. The van der Waals surface area contributed by atoms with Gasteiger partial charge in [0, 0.05) is 41.3 Å². The number of hydrogen-bond donors (Lipinski definition) is 2. The highest BCUT2D eigenvalue weighted by Gasteiger charge is 2.10. The van der Waals surface area contributed by atoms with Crippen molar-refractivity contribution < 1.29 is 9.53 Å². The number of hydrogen-bond acceptors (Lipinski definition) is 4. The summed E-state index contributed by atoms with van der Waals surface area (Å²) in [7, 11) is 4.04. The van der Waals surface area contributed by atoms with Gasteiger partial charge in [-0.3, -0.25) is 4.79 Å². The Morgan fingerprint density at radius 3 is 2.65 bits per heavy atom. The summed E-state index contributed by atoms with van der Waals surface area (Å²) in [6.45, 7) is 1.96. The number of nitriles is 1. The third-order valence-electron chi connectivity index (χ3n) is 5.71. The molecule has 6 heteroatoms. The van der Waals surface area contributed by atoms with E-state index < -0.39 is 0 Å². The van der Waals surface area contributed by atoms with E-state index in [0.717, 1.165) is 39.9 Å². The number of ether oxygens (including phenoxy) is 1. The number of nitrogens with one attached hydrogen (secondary N) is 2. The first kappa shape index (κ1) is 23.1. The summed E-state index contributed by atoms with van der Waals surface area (Å²) in [4.78, 5) is 17.8. The lowest BCUT2D eigenvalue weighted by Gasteiger charge is -2.14. The minimum absolute atomic E-state index is 0.109. The molecule has 0 bridgehead atoms. The molecule has 0 spiro atoms. The number of rotatable bonds is 9. The molecule has 4 aromatic rings. The SMILES string of the molecule is CN(C)CCOc1ccccc1-c1ccc(C(=O)NCCc2ccc3[nH]cc(C#N)c3c2)cc1. The second kappa shape index (κ2) is 10.7. The van der Waals surface area contributed by atoms with Crippen LogP contribution in [0, 0.1) is 11.3 Å². The smallest absolute Gasteiger partial charge is 0.251 e. The van der Waals surface area contributed by atoms with Gasteiger partial charge < -0.3 is 19.9 Å². The molecule has 0 radical (unpaired) electrons. The average Bonchev–Trinajstić information content (AvgIpc) is 3.26. The Morgan fingerprint density at radius 1 is 1.09 bits per heavy atom. The van der Waals surface area contributed by atoms with Crippen molar-refractivity contribution >= 4 is 16.8 Å². The second-order valence-electron chi connectivity index (χ2n) is 8.43. The number of para-hydroxylation sites is 1. The van der Waals surface area contributed by atoms with E-state index in [1.54, 1.807) is 6.20 Å². The zero-order valence-corrected chi connectivity index (χ0v) is 19.5. The minimum Gasteiger partial charge on any atom is -0.492 e. The van der Waals surface area contributed by atoms with Crippen molar-refractivity contribution in [1.29, 1.82) is 5.26 Å². The van der Waals surface area contributed by atoms with Crippen molar-refractivity contribution in [1.82, 2.24) is 15.2 Å². The fraction of sp³-hybridized carbons (Fsp3) is 0.214. The molecule has 0 fully saturated rings. The molecule has 0 aliphatic carbocycles. The Morgan fingerprint density at radius 2 is 1.88 bits per heavy atom. The highest BCUT2D eigenvalue weighted by Crippen LogP contribution is 2.30. The number of carbonyl (C=O) groups is 1. The van der Waals surface area contributed by atoms with Crippen molar-refractivity contribution in [2.45, 2.75) is 6.42 Å². The van der Waals surface area contributed by atoms with Gasteiger partial charge in [0.15, 0.2) is 0 Å². The summed E-state index contributed by atoms with van der Waals surface area (Å²) in [5.41, 5.74) is 5.27. The number of fused-ring (bicyclic) bond motifs is 1. The predicted molar refractivity (Wildman–Crippen MR) is 135 cm³/mol. The van der Waals surface area contributed by atoms with Gasteiger partial charge in [0.1, 0.15) is 18.4 Å².